The summed E-state index contributed by atoms with van der Waals surface area (Å²) in [5.74, 6) is 2.13. The summed E-state index contributed by atoms with van der Waals surface area (Å²) in [5.41, 5.74) is 2.28. The predicted molar refractivity (Wildman–Crippen MR) is 133 cm³/mol. The van der Waals surface area contributed by atoms with Crippen LogP contribution in [0.2, 0.25) is 0 Å². The molecule has 3 aliphatic heterocycles. The zero-order valence-corrected chi connectivity index (χ0v) is 20.2. The first kappa shape index (κ1) is 23.9. The fraction of sp³-hybridized carbons (Fsp3) is 0.520. The SMILES string of the molecule is [B]C1([B])COc2ccc(O[C@H]3CCN(C(=O)C4CCOCC4)C3)cc2N1c1cnc(OC)c(C)c1. The minimum Gasteiger partial charge on any atom is -0.491 e. The number of ether oxygens (including phenoxy) is 4. The predicted octanol–water partition coefficient (Wildman–Crippen LogP) is 2.33. The van der Waals surface area contributed by atoms with Crippen LogP contribution in [0.15, 0.2) is 30.5 Å². The average Bonchev–Trinajstić information content (AvgIpc) is 3.32. The molecule has 0 bridgehead atoms. The quantitative estimate of drug-likeness (QED) is 0.618. The van der Waals surface area contributed by atoms with E-state index >= 15 is 0 Å². The third kappa shape index (κ3) is 4.81. The van der Waals surface area contributed by atoms with Gasteiger partial charge in [0.25, 0.3) is 0 Å². The van der Waals surface area contributed by atoms with Crippen LogP contribution in [0, 0.1) is 12.8 Å². The molecular formula is C25H29B2N3O5. The Balaban J connectivity index is 1.34. The van der Waals surface area contributed by atoms with Crippen LogP contribution in [0.5, 0.6) is 17.4 Å². The number of benzene rings is 1. The first-order valence-corrected chi connectivity index (χ1v) is 12.0. The standard InChI is InChI=1S/C25H29B2N3O5/c1-16-11-18(13-28-23(16)32-2)30-21-12-19(3-4-22(21)34-15-25(30,26)27)35-20-5-8-29(14-20)24(31)17-6-9-33-10-7-17/h3-4,11-13,17,20H,5-10,14-15H2,1-2H3/t20-/m0/s1. The van der Waals surface area contributed by atoms with E-state index in [9.17, 15) is 4.79 Å². The van der Waals surface area contributed by atoms with Crippen LogP contribution in [-0.4, -0.2) is 82.9 Å². The molecule has 0 N–H and O–H groups in total. The number of rotatable bonds is 5. The summed E-state index contributed by atoms with van der Waals surface area (Å²) in [6.45, 7) is 4.62. The number of aryl methyl sites for hydroxylation is 1. The van der Waals surface area contributed by atoms with Crippen LogP contribution in [0.1, 0.15) is 24.8 Å². The van der Waals surface area contributed by atoms with Gasteiger partial charge in [0.05, 0.1) is 53.5 Å². The van der Waals surface area contributed by atoms with E-state index in [1.54, 1.807) is 13.3 Å². The van der Waals surface area contributed by atoms with Crippen LogP contribution in [-0.2, 0) is 9.53 Å². The minimum absolute atomic E-state index is 0.0562. The first-order valence-electron chi connectivity index (χ1n) is 12.0. The Morgan fingerprint density at radius 3 is 2.74 bits per heavy atom. The fourth-order valence-corrected chi connectivity index (χ4v) is 5.03. The molecule has 1 aromatic heterocycles. The van der Waals surface area contributed by atoms with Crippen molar-refractivity contribution in [3.8, 4) is 17.4 Å². The molecule has 5 rings (SSSR count). The number of pyridine rings is 1. The van der Waals surface area contributed by atoms with Crippen molar-refractivity contribution in [3.05, 3.63) is 36.0 Å². The monoisotopic (exact) mass is 473 g/mol. The Morgan fingerprint density at radius 1 is 1.20 bits per heavy atom. The zero-order chi connectivity index (χ0) is 24.6. The highest BCUT2D eigenvalue weighted by atomic mass is 16.5. The summed E-state index contributed by atoms with van der Waals surface area (Å²) in [5, 5.41) is -1.28. The van der Waals surface area contributed by atoms with Crippen molar-refractivity contribution in [2.75, 3.05) is 44.9 Å². The van der Waals surface area contributed by atoms with Gasteiger partial charge in [0, 0.05) is 49.1 Å². The summed E-state index contributed by atoms with van der Waals surface area (Å²) in [6.07, 6.45) is 3.97. The molecule has 8 nitrogen and oxygen atoms in total. The van der Waals surface area contributed by atoms with Crippen molar-refractivity contribution in [2.24, 2.45) is 5.92 Å². The van der Waals surface area contributed by atoms with Gasteiger partial charge in [0.2, 0.25) is 11.8 Å². The van der Waals surface area contributed by atoms with Gasteiger partial charge in [-0.2, -0.15) is 0 Å². The van der Waals surface area contributed by atoms with E-state index in [-0.39, 0.29) is 24.5 Å². The third-order valence-corrected chi connectivity index (χ3v) is 6.84. The molecule has 0 spiro atoms. The van der Waals surface area contributed by atoms with Crippen molar-refractivity contribution in [2.45, 2.75) is 37.6 Å². The largest absolute Gasteiger partial charge is 0.491 e. The summed E-state index contributed by atoms with van der Waals surface area (Å²) in [4.78, 5) is 21.0. The van der Waals surface area contributed by atoms with Gasteiger partial charge in [-0.1, -0.05) is 0 Å². The molecule has 1 aromatic carbocycles. The molecule has 1 atom stereocenters. The van der Waals surface area contributed by atoms with Gasteiger partial charge < -0.3 is 28.7 Å². The van der Waals surface area contributed by atoms with Crippen molar-refractivity contribution in [1.82, 2.24) is 9.88 Å². The lowest BCUT2D eigenvalue weighted by molar-refractivity contribution is -0.137. The highest BCUT2D eigenvalue weighted by molar-refractivity contribution is 6.43. The maximum Gasteiger partial charge on any atom is 0.225 e. The third-order valence-electron chi connectivity index (χ3n) is 6.84. The van der Waals surface area contributed by atoms with E-state index in [1.165, 1.54) is 0 Å². The molecule has 2 aromatic rings. The number of hydrogen-bond donors (Lipinski definition) is 0. The number of amides is 1. The van der Waals surface area contributed by atoms with Crippen LogP contribution < -0.4 is 19.1 Å². The smallest absolute Gasteiger partial charge is 0.225 e. The number of methoxy groups -OCH3 is 1. The van der Waals surface area contributed by atoms with E-state index in [0.29, 0.717) is 49.4 Å². The van der Waals surface area contributed by atoms with Gasteiger partial charge in [-0.05, 0) is 38.0 Å². The second-order valence-corrected chi connectivity index (χ2v) is 9.46. The number of carbonyl (C=O) groups excluding carboxylic acids is 1. The van der Waals surface area contributed by atoms with Crippen molar-refractivity contribution in [3.63, 3.8) is 0 Å². The Morgan fingerprint density at radius 2 is 2.00 bits per heavy atom. The number of carbonyl (C=O) groups is 1. The second-order valence-electron chi connectivity index (χ2n) is 9.46. The zero-order valence-electron chi connectivity index (χ0n) is 20.2. The van der Waals surface area contributed by atoms with Gasteiger partial charge in [-0.3, -0.25) is 4.79 Å². The maximum absolute atomic E-state index is 12.9. The molecule has 4 radical (unpaired) electrons. The van der Waals surface area contributed by atoms with E-state index in [4.69, 9.17) is 34.6 Å². The number of likely N-dealkylation sites (tertiary alicyclic amines) is 1. The molecule has 2 fully saturated rings. The lowest BCUT2D eigenvalue weighted by Gasteiger charge is -2.45. The van der Waals surface area contributed by atoms with Crippen molar-refractivity contribution >= 4 is 33.0 Å². The number of fused-ring (bicyclic) bond motifs is 1. The molecule has 180 valence electrons. The Kier molecular flexibility index (Phi) is 6.57. The number of aromatic nitrogens is 1. The Bertz CT molecular complexity index is 1090. The van der Waals surface area contributed by atoms with E-state index in [0.717, 1.165) is 30.5 Å². The first-order chi connectivity index (χ1) is 16.9. The molecule has 0 unspecified atom stereocenters. The van der Waals surface area contributed by atoms with Crippen molar-refractivity contribution in [1.29, 1.82) is 0 Å². The fourth-order valence-electron chi connectivity index (χ4n) is 5.03. The molecule has 10 heteroatoms. The highest BCUT2D eigenvalue weighted by Crippen LogP contribution is 2.44. The van der Waals surface area contributed by atoms with Gasteiger partial charge in [-0.15, -0.1) is 0 Å². The normalized spacial score (nSPS) is 21.8. The van der Waals surface area contributed by atoms with Crippen LogP contribution in [0.4, 0.5) is 11.4 Å². The Labute approximate surface area is 208 Å². The summed E-state index contributed by atoms with van der Waals surface area (Å²) in [7, 11) is 14.5. The number of nitrogens with zero attached hydrogens (tertiary/aromatic N) is 3. The maximum atomic E-state index is 12.9. The van der Waals surface area contributed by atoms with Gasteiger partial charge in [-0.25, -0.2) is 4.98 Å². The van der Waals surface area contributed by atoms with E-state index in [2.05, 4.69) is 4.98 Å². The van der Waals surface area contributed by atoms with E-state index < -0.39 is 5.34 Å². The van der Waals surface area contributed by atoms with Crippen LogP contribution in [0.3, 0.4) is 0 Å². The second kappa shape index (κ2) is 9.64. The topological polar surface area (TPSA) is 73.4 Å². The van der Waals surface area contributed by atoms with Crippen LogP contribution in [0.25, 0.3) is 0 Å². The minimum atomic E-state index is -1.28. The Hall–Kier alpha value is -2.87. The molecule has 0 saturated carbocycles. The molecule has 35 heavy (non-hydrogen) atoms. The van der Waals surface area contributed by atoms with Gasteiger partial charge in [0.15, 0.2) is 0 Å². The highest BCUT2D eigenvalue weighted by Gasteiger charge is 2.36. The van der Waals surface area contributed by atoms with Gasteiger partial charge in [0.1, 0.15) is 17.6 Å². The molecule has 2 saturated heterocycles. The van der Waals surface area contributed by atoms with Gasteiger partial charge >= 0.3 is 0 Å². The molecule has 1 amide bonds. The molecule has 4 heterocycles. The lowest BCUT2D eigenvalue weighted by Crippen LogP contribution is -2.54. The molecular weight excluding hydrogens is 444 g/mol. The summed E-state index contributed by atoms with van der Waals surface area (Å²) >= 11 is 0. The van der Waals surface area contributed by atoms with E-state index in [1.807, 2.05) is 41.0 Å². The summed E-state index contributed by atoms with van der Waals surface area (Å²) in [6, 6.07) is 7.54. The summed E-state index contributed by atoms with van der Waals surface area (Å²) < 4.78 is 22.8. The van der Waals surface area contributed by atoms with Crippen LogP contribution >= 0.6 is 0 Å². The number of anilines is 2. The lowest BCUT2D eigenvalue weighted by atomic mass is 9.60. The average molecular weight is 473 g/mol. The molecule has 3 aliphatic rings. The molecule has 0 aliphatic carbocycles. The number of hydrogen-bond acceptors (Lipinski definition) is 7. The van der Waals surface area contributed by atoms with Crippen molar-refractivity contribution < 1.29 is 23.7 Å².